The molecule has 0 saturated carbocycles. The molecule has 0 spiro atoms. The SMILES string of the molecule is CCC(CO)(NCc1cc(F)c(O)c(F)c1)c1ccccc1. The average molecular weight is 307 g/mol. The van der Waals surface area contributed by atoms with E-state index in [0.717, 1.165) is 17.7 Å². The number of aliphatic hydroxyl groups excluding tert-OH is 1. The van der Waals surface area contributed by atoms with Crippen LogP contribution in [0, 0.1) is 11.6 Å². The van der Waals surface area contributed by atoms with Gasteiger partial charge in [-0.15, -0.1) is 0 Å². The maximum atomic E-state index is 13.4. The van der Waals surface area contributed by atoms with Crippen LogP contribution in [0.3, 0.4) is 0 Å². The molecule has 22 heavy (non-hydrogen) atoms. The molecule has 1 atom stereocenters. The first-order chi connectivity index (χ1) is 10.5. The Morgan fingerprint density at radius 1 is 1.09 bits per heavy atom. The molecular formula is C17H19F2NO2. The Balaban J connectivity index is 2.23. The monoisotopic (exact) mass is 307 g/mol. The summed E-state index contributed by atoms with van der Waals surface area (Å²) in [6, 6.07) is 11.6. The summed E-state index contributed by atoms with van der Waals surface area (Å²) in [5.41, 5.74) is 0.571. The molecule has 0 aliphatic heterocycles. The number of rotatable bonds is 6. The molecule has 2 aromatic carbocycles. The zero-order valence-corrected chi connectivity index (χ0v) is 12.3. The molecule has 3 nitrogen and oxygen atoms in total. The number of hydrogen-bond donors (Lipinski definition) is 3. The molecule has 0 radical (unpaired) electrons. The molecule has 0 aliphatic rings. The second kappa shape index (κ2) is 6.85. The molecule has 0 heterocycles. The second-order valence-corrected chi connectivity index (χ2v) is 5.22. The molecular weight excluding hydrogens is 288 g/mol. The van der Waals surface area contributed by atoms with E-state index >= 15 is 0 Å². The predicted molar refractivity (Wildman–Crippen MR) is 80.4 cm³/mol. The van der Waals surface area contributed by atoms with Crippen molar-refractivity contribution in [1.82, 2.24) is 5.32 Å². The third kappa shape index (κ3) is 3.26. The number of nitrogens with one attached hydrogen (secondary N) is 1. The number of phenolic OH excluding ortho intramolecular Hbond substituents is 1. The molecule has 2 rings (SSSR count). The molecule has 0 fully saturated rings. The van der Waals surface area contributed by atoms with Gasteiger partial charge in [0.25, 0.3) is 0 Å². The van der Waals surface area contributed by atoms with E-state index in [1.54, 1.807) is 0 Å². The first kappa shape index (κ1) is 16.4. The Kier molecular flexibility index (Phi) is 5.11. The largest absolute Gasteiger partial charge is 0.503 e. The maximum absolute atomic E-state index is 13.4. The molecule has 0 saturated heterocycles. The Labute approximate surface area is 128 Å². The van der Waals surface area contributed by atoms with Crippen molar-refractivity contribution < 1.29 is 19.0 Å². The van der Waals surface area contributed by atoms with Crippen LogP contribution in [0.1, 0.15) is 24.5 Å². The smallest absolute Gasteiger partial charge is 0.187 e. The van der Waals surface area contributed by atoms with Gasteiger partial charge >= 0.3 is 0 Å². The maximum Gasteiger partial charge on any atom is 0.187 e. The van der Waals surface area contributed by atoms with Crippen LogP contribution in [-0.2, 0) is 12.1 Å². The number of aromatic hydroxyl groups is 1. The number of hydrogen-bond acceptors (Lipinski definition) is 3. The molecule has 3 N–H and O–H groups in total. The van der Waals surface area contributed by atoms with Crippen molar-refractivity contribution in [2.75, 3.05) is 6.61 Å². The first-order valence-electron chi connectivity index (χ1n) is 7.10. The number of benzene rings is 2. The average Bonchev–Trinajstić information content (AvgIpc) is 2.55. The lowest BCUT2D eigenvalue weighted by atomic mass is 9.87. The summed E-state index contributed by atoms with van der Waals surface area (Å²) in [5.74, 6) is -2.97. The number of halogens is 2. The van der Waals surface area contributed by atoms with Crippen molar-refractivity contribution in [2.24, 2.45) is 0 Å². The normalized spacial score (nSPS) is 13.8. The van der Waals surface area contributed by atoms with Crippen molar-refractivity contribution in [3.63, 3.8) is 0 Å². The van der Waals surface area contributed by atoms with Crippen molar-refractivity contribution in [3.8, 4) is 5.75 Å². The molecule has 0 amide bonds. The van der Waals surface area contributed by atoms with Crippen molar-refractivity contribution in [2.45, 2.75) is 25.4 Å². The van der Waals surface area contributed by atoms with Gasteiger partial charge in [-0.2, -0.15) is 0 Å². The zero-order valence-electron chi connectivity index (χ0n) is 12.3. The Morgan fingerprint density at radius 3 is 2.18 bits per heavy atom. The molecule has 1 unspecified atom stereocenters. The minimum absolute atomic E-state index is 0.142. The lowest BCUT2D eigenvalue weighted by Crippen LogP contribution is -2.44. The van der Waals surface area contributed by atoms with Crippen LogP contribution in [0.2, 0.25) is 0 Å². The highest BCUT2D eigenvalue weighted by atomic mass is 19.1. The summed E-state index contributed by atoms with van der Waals surface area (Å²) in [7, 11) is 0. The molecule has 2 aromatic rings. The predicted octanol–water partition coefficient (Wildman–Crippen LogP) is 3.06. The van der Waals surface area contributed by atoms with Crippen LogP contribution < -0.4 is 5.32 Å². The fraction of sp³-hybridized carbons (Fsp3) is 0.294. The Hall–Kier alpha value is -1.98. The Morgan fingerprint density at radius 2 is 1.68 bits per heavy atom. The van der Waals surface area contributed by atoms with E-state index < -0.39 is 22.9 Å². The summed E-state index contributed by atoms with van der Waals surface area (Å²) in [5, 5.41) is 22.1. The molecule has 5 heteroatoms. The summed E-state index contributed by atoms with van der Waals surface area (Å²) in [6.07, 6.45) is 0.608. The minimum Gasteiger partial charge on any atom is -0.503 e. The molecule has 0 aromatic heterocycles. The lowest BCUT2D eigenvalue weighted by molar-refractivity contribution is 0.153. The van der Waals surface area contributed by atoms with Gasteiger partial charge < -0.3 is 15.5 Å². The van der Waals surface area contributed by atoms with E-state index in [2.05, 4.69) is 5.32 Å². The van der Waals surface area contributed by atoms with Crippen molar-refractivity contribution >= 4 is 0 Å². The van der Waals surface area contributed by atoms with Crippen molar-refractivity contribution in [1.29, 1.82) is 0 Å². The standard InChI is InChI=1S/C17H19F2NO2/c1-2-17(11-21,13-6-4-3-5-7-13)20-10-12-8-14(18)16(22)15(19)9-12/h3-9,20-22H,2,10-11H2,1H3. The van der Waals surface area contributed by atoms with Gasteiger partial charge in [-0.3, -0.25) is 0 Å². The van der Waals surface area contributed by atoms with Crippen molar-refractivity contribution in [3.05, 3.63) is 65.2 Å². The van der Waals surface area contributed by atoms with Crippen LogP contribution in [0.15, 0.2) is 42.5 Å². The summed E-state index contributed by atoms with van der Waals surface area (Å²) in [4.78, 5) is 0. The van der Waals surface area contributed by atoms with E-state index in [1.807, 2.05) is 37.3 Å². The van der Waals surface area contributed by atoms with Gasteiger partial charge in [-0.05, 0) is 29.7 Å². The van der Waals surface area contributed by atoms with Gasteiger partial charge in [0.05, 0.1) is 12.1 Å². The van der Waals surface area contributed by atoms with Gasteiger partial charge in [0.2, 0.25) is 0 Å². The van der Waals surface area contributed by atoms with E-state index in [1.165, 1.54) is 0 Å². The molecule has 118 valence electrons. The fourth-order valence-electron chi connectivity index (χ4n) is 2.44. The van der Waals surface area contributed by atoms with Crippen LogP contribution in [-0.4, -0.2) is 16.8 Å². The van der Waals surface area contributed by atoms with E-state index in [9.17, 15) is 13.9 Å². The van der Waals surface area contributed by atoms with Crippen LogP contribution >= 0.6 is 0 Å². The van der Waals surface area contributed by atoms with Gasteiger partial charge in [-0.25, -0.2) is 8.78 Å². The second-order valence-electron chi connectivity index (χ2n) is 5.22. The number of phenols is 1. The lowest BCUT2D eigenvalue weighted by Gasteiger charge is -2.33. The highest BCUT2D eigenvalue weighted by molar-refractivity contribution is 5.31. The van der Waals surface area contributed by atoms with Gasteiger partial charge in [0, 0.05) is 6.54 Å². The van der Waals surface area contributed by atoms with Crippen LogP contribution in [0.5, 0.6) is 5.75 Å². The minimum atomic E-state index is -0.998. The highest BCUT2D eigenvalue weighted by Crippen LogP contribution is 2.26. The topological polar surface area (TPSA) is 52.5 Å². The quantitative estimate of drug-likeness (QED) is 0.769. The molecule has 0 aliphatic carbocycles. The van der Waals surface area contributed by atoms with E-state index in [4.69, 9.17) is 5.11 Å². The number of aliphatic hydroxyl groups is 1. The third-order valence-corrected chi connectivity index (χ3v) is 3.91. The molecule has 0 bridgehead atoms. The van der Waals surface area contributed by atoms with Crippen LogP contribution in [0.4, 0.5) is 8.78 Å². The van der Waals surface area contributed by atoms with Gasteiger partial charge in [0.1, 0.15) is 0 Å². The first-order valence-corrected chi connectivity index (χ1v) is 7.10. The van der Waals surface area contributed by atoms with E-state index in [-0.39, 0.29) is 13.2 Å². The summed E-state index contributed by atoms with van der Waals surface area (Å²) >= 11 is 0. The van der Waals surface area contributed by atoms with E-state index in [0.29, 0.717) is 12.0 Å². The fourth-order valence-corrected chi connectivity index (χ4v) is 2.44. The van der Waals surface area contributed by atoms with Gasteiger partial charge in [0.15, 0.2) is 17.4 Å². The van der Waals surface area contributed by atoms with Crippen LogP contribution in [0.25, 0.3) is 0 Å². The third-order valence-electron chi connectivity index (χ3n) is 3.91. The van der Waals surface area contributed by atoms with Gasteiger partial charge in [-0.1, -0.05) is 37.3 Å². The highest BCUT2D eigenvalue weighted by Gasteiger charge is 2.28. The summed E-state index contributed by atoms with van der Waals surface area (Å²) < 4.78 is 26.8. The Bertz CT molecular complexity index is 605. The summed E-state index contributed by atoms with van der Waals surface area (Å²) in [6.45, 7) is 1.95. The zero-order chi connectivity index (χ0) is 16.2.